The summed E-state index contributed by atoms with van der Waals surface area (Å²) in [6.07, 6.45) is 4.54. The van der Waals surface area contributed by atoms with Crippen LogP contribution in [0.1, 0.15) is 44.0 Å². The number of aliphatic hydroxyl groups is 1. The zero-order valence-electron chi connectivity index (χ0n) is 11.4. The molecule has 1 aliphatic rings. The van der Waals surface area contributed by atoms with E-state index in [1.807, 2.05) is 25.1 Å². The standard InChI is InChI=1S/C15H24N2O/c1-12-6-8-15(11-18,9-7-12)16-10-14-5-3-4-13(2)17-14/h3-5,12,16,18H,6-11H2,1-2H3. The molecule has 1 aromatic rings. The van der Waals surface area contributed by atoms with Crippen molar-refractivity contribution in [3.8, 4) is 0 Å². The highest BCUT2D eigenvalue weighted by molar-refractivity contribution is 5.10. The lowest BCUT2D eigenvalue weighted by Gasteiger charge is -2.39. The summed E-state index contributed by atoms with van der Waals surface area (Å²) in [5, 5.41) is 13.2. The Balaban J connectivity index is 1.95. The van der Waals surface area contributed by atoms with E-state index in [2.05, 4.69) is 17.2 Å². The van der Waals surface area contributed by atoms with E-state index in [-0.39, 0.29) is 12.1 Å². The molecule has 0 radical (unpaired) electrons. The fourth-order valence-corrected chi connectivity index (χ4v) is 2.68. The molecular weight excluding hydrogens is 224 g/mol. The molecule has 0 bridgehead atoms. The summed E-state index contributed by atoms with van der Waals surface area (Å²) in [5.41, 5.74) is 2.02. The molecule has 0 unspecified atom stereocenters. The molecule has 2 N–H and O–H groups in total. The van der Waals surface area contributed by atoms with Crippen molar-refractivity contribution in [2.24, 2.45) is 5.92 Å². The molecule has 1 fully saturated rings. The van der Waals surface area contributed by atoms with Gasteiger partial charge in [0.25, 0.3) is 0 Å². The number of hydrogen-bond acceptors (Lipinski definition) is 3. The first kappa shape index (κ1) is 13.5. The van der Waals surface area contributed by atoms with Gasteiger partial charge in [0.1, 0.15) is 0 Å². The van der Waals surface area contributed by atoms with Gasteiger partial charge in [-0.05, 0) is 50.7 Å². The molecule has 0 aromatic carbocycles. The van der Waals surface area contributed by atoms with E-state index < -0.39 is 0 Å². The number of nitrogens with one attached hydrogen (secondary N) is 1. The number of aromatic nitrogens is 1. The van der Waals surface area contributed by atoms with Crippen LogP contribution >= 0.6 is 0 Å². The average molecular weight is 248 g/mol. The van der Waals surface area contributed by atoms with E-state index >= 15 is 0 Å². The molecule has 100 valence electrons. The van der Waals surface area contributed by atoms with Crippen LogP contribution in [0.4, 0.5) is 0 Å². The van der Waals surface area contributed by atoms with Crippen LogP contribution in [0, 0.1) is 12.8 Å². The molecule has 3 heteroatoms. The Kier molecular flexibility index (Phi) is 4.36. The lowest BCUT2D eigenvalue weighted by Crippen LogP contribution is -2.50. The van der Waals surface area contributed by atoms with Gasteiger partial charge in [0.05, 0.1) is 12.3 Å². The minimum absolute atomic E-state index is 0.0854. The summed E-state index contributed by atoms with van der Waals surface area (Å²) in [7, 11) is 0. The Morgan fingerprint density at radius 1 is 1.39 bits per heavy atom. The maximum atomic E-state index is 9.68. The summed E-state index contributed by atoms with van der Waals surface area (Å²) in [4.78, 5) is 4.49. The van der Waals surface area contributed by atoms with Gasteiger partial charge in [0.15, 0.2) is 0 Å². The van der Waals surface area contributed by atoms with Crippen molar-refractivity contribution in [1.82, 2.24) is 10.3 Å². The quantitative estimate of drug-likeness (QED) is 0.860. The van der Waals surface area contributed by atoms with Crippen LogP contribution in [0.3, 0.4) is 0 Å². The van der Waals surface area contributed by atoms with Gasteiger partial charge in [-0.25, -0.2) is 0 Å². The highest BCUT2D eigenvalue weighted by Crippen LogP contribution is 2.31. The molecule has 1 heterocycles. The first-order valence-electron chi connectivity index (χ1n) is 6.92. The van der Waals surface area contributed by atoms with Crippen LogP contribution < -0.4 is 5.32 Å². The Labute approximate surface area is 110 Å². The highest BCUT2D eigenvalue weighted by Gasteiger charge is 2.32. The Morgan fingerprint density at radius 3 is 2.72 bits per heavy atom. The largest absolute Gasteiger partial charge is 0.394 e. The van der Waals surface area contributed by atoms with E-state index in [4.69, 9.17) is 0 Å². The minimum atomic E-state index is -0.0854. The fourth-order valence-electron chi connectivity index (χ4n) is 2.68. The SMILES string of the molecule is Cc1cccc(CNC2(CO)CCC(C)CC2)n1. The van der Waals surface area contributed by atoms with Gasteiger partial charge < -0.3 is 10.4 Å². The lowest BCUT2D eigenvalue weighted by atomic mass is 9.77. The topological polar surface area (TPSA) is 45.1 Å². The Bertz CT molecular complexity index is 384. The van der Waals surface area contributed by atoms with Gasteiger partial charge >= 0.3 is 0 Å². The molecule has 0 spiro atoms. The number of aliphatic hydroxyl groups excluding tert-OH is 1. The summed E-state index contributed by atoms with van der Waals surface area (Å²) in [6.45, 7) is 5.28. The van der Waals surface area contributed by atoms with Crippen LogP contribution in [0.2, 0.25) is 0 Å². The van der Waals surface area contributed by atoms with Crippen molar-refractivity contribution in [2.75, 3.05) is 6.61 Å². The lowest BCUT2D eigenvalue weighted by molar-refractivity contribution is 0.104. The van der Waals surface area contributed by atoms with Crippen LogP contribution in [-0.4, -0.2) is 22.2 Å². The fraction of sp³-hybridized carbons (Fsp3) is 0.667. The monoisotopic (exact) mass is 248 g/mol. The van der Waals surface area contributed by atoms with Crippen molar-refractivity contribution in [3.63, 3.8) is 0 Å². The third-order valence-electron chi connectivity index (χ3n) is 4.12. The molecular formula is C15H24N2O. The number of nitrogens with zero attached hydrogens (tertiary/aromatic N) is 1. The van der Waals surface area contributed by atoms with Gasteiger partial charge in [-0.1, -0.05) is 13.0 Å². The third-order valence-corrected chi connectivity index (χ3v) is 4.12. The molecule has 1 aliphatic carbocycles. The third kappa shape index (κ3) is 3.30. The van der Waals surface area contributed by atoms with Gasteiger partial charge in [-0.15, -0.1) is 0 Å². The predicted octanol–water partition coefficient (Wildman–Crippen LogP) is 2.42. The van der Waals surface area contributed by atoms with Gasteiger partial charge in [0, 0.05) is 17.8 Å². The average Bonchev–Trinajstić information content (AvgIpc) is 2.39. The number of rotatable bonds is 4. The first-order chi connectivity index (χ1) is 8.63. The van der Waals surface area contributed by atoms with E-state index in [0.29, 0.717) is 0 Å². The second-order valence-corrected chi connectivity index (χ2v) is 5.74. The molecule has 18 heavy (non-hydrogen) atoms. The smallest absolute Gasteiger partial charge is 0.0613 e. The van der Waals surface area contributed by atoms with Crippen molar-refractivity contribution < 1.29 is 5.11 Å². The summed E-state index contributed by atoms with van der Waals surface area (Å²) in [5.74, 6) is 0.795. The Morgan fingerprint density at radius 2 is 2.11 bits per heavy atom. The second kappa shape index (κ2) is 5.81. The zero-order valence-corrected chi connectivity index (χ0v) is 11.4. The van der Waals surface area contributed by atoms with Crippen LogP contribution in [0.15, 0.2) is 18.2 Å². The molecule has 1 aromatic heterocycles. The number of pyridine rings is 1. The minimum Gasteiger partial charge on any atom is -0.394 e. The van der Waals surface area contributed by atoms with Gasteiger partial charge in [-0.2, -0.15) is 0 Å². The zero-order chi connectivity index (χ0) is 13.0. The van der Waals surface area contributed by atoms with Gasteiger partial charge in [0.2, 0.25) is 0 Å². The predicted molar refractivity (Wildman–Crippen MR) is 73.3 cm³/mol. The molecule has 1 saturated carbocycles. The first-order valence-corrected chi connectivity index (χ1v) is 6.92. The summed E-state index contributed by atoms with van der Waals surface area (Å²) < 4.78 is 0. The highest BCUT2D eigenvalue weighted by atomic mass is 16.3. The van der Waals surface area contributed by atoms with Crippen LogP contribution in [-0.2, 0) is 6.54 Å². The molecule has 0 saturated heterocycles. The van der Waals surface area contributed by atoms with Crippen molar-refractivity contribution >= 4 is 0 Å². The maximum absolute atomic E-state index is 9.68. The van der Waals surface area contributed by atoms with Crippen molar-refractivity contribution in [3.05, 3.63) is 29.6 Å². The molecule has 2 rings (SSSR count). The van der Waals surface area contributed by atoms with Crippen molar-refractivity contribution in [2.45, 2.75) is 51.6 Å². The second-order valence-electron chi connectivity index (χ2n) is 5.74. The molecule has 0 atom stereocenters. The Hall–Kier alpha value is -0.930. The number of aryl methyl sites for hydroxylation is 1. The maximum Gasteiger partial charge on any atom is 0.0613 e. The van der Waals surface area contributed by atoms with Crippen LogP contribution in [0.25, 0.3) is 0 Å². The van der Waals surface area contributed by atoms with E-state index in [1.165, 1.54) is 12.8 Å². The van der Waals surface area contributed by atoms with Crippen LogP contribution in [0.5, 0.6) is 0 Å². The van der Waals surface area contributed by atoms with Crippen molar-refractivity contribution in [1.29, 1.82) is 0 Å². The van der Waals surface area contributed by atoms with E-state index in [1.54, 1.807) is 0 Å². The summed E-state index contributed by atoms with van der Waals surface area (Å²) >= 11 is 0. The summed E-state index contributed by atoms with van der Waals surface area (Å²) in [6, 6.07) is 6.08. The van der Waals surface area contributed by atoms with E-state index in [0.717, 1.165) is 36.7 Å². The molecule has 0 amide bonds. The molecule has 0 aliphatic heterocycles. The van der Waals surface area contributed by atoms with Gasteiger partial charge in [-0.3, -0.25) is 4.98 Å². The number of hydrogen-bond donors (Lipinski definition) is 2. The normalized spacial score (nSPS) is 28.3. The molecule has 3 nitrogen and oxygen atoms in total. The van der Waals surface area contributed by atoms with E-state index in [9.17, 15) is 5.11 Å².